The van der Waals surface area contributed by atoms with E-state index >= 15 is 0 Å². The van der Waals surface area contributed by atoms with Crippen LogP contribution in [-0.4, -0.2) is 30.2 Å². The quantitative estimate of drug-likeness (QED) is 0.587. The predicted molar refractivity (Wildman–Crippen MR) is 115 cm³/mol. The average Bonchev–Trinajstić information content (AvgIpc) is 2.74. The molecular formula is C24H23NO5. The van der Waals surface area contributed by atoms with E-state index in [0.717, 1.165) is 16.7 Å². The fraction of sp³-hybridized carbons (Fsp3) is 0.167. The van der Waals surface area contributed by atoms with Crippen LogP contribution in [0.4, 0.5) is 5.69 Å². The van der Waals surface area contributed by atoms with Crippen LogP contribution in [0.3, 0.4) is 0 Å². The lowest BCUT2D eigenvalue weighted by Crippen LogP contribution is -2.30. The van der Waals surface area contributed by atoms with Crippen molar-refractivity contribution in [2.24, 2.45) is 0 Å². The highest BCUT2D eigenvalue weighted by Crippen LogP contribution is 2.26. The average molecular weight is 405 g/mol. The van der Waals surface area contributed by atoms with Gasteiger partial charge in [-0.25, -0.2) is 4.79 Å². The number of aromatic hydroxyl groups is 1. The molecule has 6 nitrogen and oxygen atoms in total. The highest BCUT2D eigenvalue weighted by Gasteiger charge is 2.20. The third kappa shape index (κ3) is 4.97. The van der Waals surface area contributed by atoms with E-state index in [1.54, 1.807) is 60.7 Å². The van der Waals surface area contributed by atoms with E-state index in [-0.39, 0.29) is 5.75 Å². The summed E-state index contributed by atoms with van der Waals surface area (Å²) in [5.41, 5.74) is 3.62. The van der Waals surface area contributed by atoms with Crippen molar-refractivity contribution in [3.05, 3.63) is 77.9 Å². The van der Waals surface area contributed by atoms with E-state index in [1.807, 2.05) is 13.0 Å². The molecule has 0 aliphatic carbocycles. The fourth-order valence-electron chi connectivity index (χ4n) is 2.89. The number of ether oxygens (including phenoxy) is 2. The molecule has 1 amide bonds. The Labute approximate surface area is 175 Å². The van der Waals surface area contributed by atoms with Crippen LogP contribution in [-0.2, 0) is 9.53 Å². The van der Waals surface area contributed by atoms with Crippen molar-refractivity contribution in [2.45, 2.75) is 20.0 Å². The molecule has 2 N–H and O–H groups in total. The van der Waals surface area contributed by atoms with Crippen LogP contribution < -0.4 is 10.1 Å². The Morgan fingerprint density at radius 3 is 2.13 bits per heavy atom. The number of methoxy groups -OCH3 is 1. The summed E-state index contributed by atoms with van der Waals surface area (Å²) in [5, 5.41) is 12.1. The molecule has 3 aromatic rings. The molecule has 0 aliphatic rings. The number of anilines is 1. The van der Waals surface area contributed by atoms with Crippen molar-refractivity contribution in [1.82, 2.24) is 0 Å². The smallest absolute Gasteiger partial charge is 0.338 e. The molecule has 0 heterocycles. The van der Waals surface area contributed by atoms with Gasteiger partial charge in [0.15, 0.2) is 6.10 Å². The van der Waals surface area contributed by atoms with E-state index in [1.165, 1.54) is 14.0 Å². The third-order valence-electron chi connectivity index (χ3n) is 4.59. The van der Waals surface area contributed by atoms with Crippen LogP contribution in [0.15, 0.2) is 66.7 Å². The molecule has 0 bridgehead atoms. The normalized spacial score (nSPS) is 11.4. The summed E-state index contributed by atoms with van der Waals surface area (Å²) in [6.07, 6.45) is -0.987. The zero-order valence-corrected chi connectivity index (χ0v) is 17.0. The Kier molecular flexibility index (Phi) is 6.37. The van der Waals surface area contributed by atoms with Gasteiger partial charge in [-0.1, -0.05) is 30.3 Å². The number of amides is 1. The lowest BCUT2D eigenvalue weighted by Gasteiger charge is -2.16. The van der Waals surface area contributed by atoms with Crippen LogP contribution >= 0.6 is 0 Å². The molecular weight excluding hydrogens is 382 g/mol. The zero-order valence-electron chi connectivity index (χ0n) is 17.0. The molecule has 0 radical (unpaired) electrons. The monoisotopic (exact) mass is 405 g/mol. The minimum Gasteiger partial charge on any atom is -0.508 e. The number of esters is 1. The summed E-state index contributed by atoms with van der Waals surface area (Å²) in [4.78, 5) is 24.9. The maximum atomic E-state index is 12.5. The predicted octanol–water partition coefficient (Wildman–Crippen LogP) is 4.56. The van der Waals surface area contributed by atoms with Crippen LogP contribution in [0.2, 0.25) is 0 Å². The largest absolute Gasteiger partial charge is 0.508 e. The second kappa shape index (κ2) is 9.13. The summed E-state index contributed by atoms with van der Waals surface area (Å²) in [7, 11) is 1.52. The Balaban J connectivity index is 1.64. The first-order valence-corrected chi connectivity index (χ1v) is 9.43. The van der Waals surface area contributed by atoms with Crippen molar-refractivity contribution >= 4 is 17.6 Å². The molecule has 3 rings (SSSR count). The first-order chi connectivity index (χ1) is 14.4. The molecule has 0 saturated heterocycles. The van der Waals surface area contributed by atoms with Gasteiger partial charge in [-0.05, 0) is 66.9 Å². The maximum absolute atomic E-state index is 12.5. The summed E-state index contributed by atoms with van der Waals surface area (Å²) in [5.74, 6) is -0.328. The SMILES string of the molecule is COc1ccc(C)cc1NC(=O)[C@H](C)OC(=O)c1ccc(-c2ccc(O)cc2)cc1. The minimum absolute atomic E-state index is 0.189. The van der Waals surface area contributed by atoms with Crippen molar-refractivity contribution in [2.75, 3.05) is 12.4 Å². The van der Waals surface area contributed by atoms with Gasteiger partial charge in [-0.15, -0.1) is 0 Å². The van der Waals surface area contributed by atoms with Crippen LogP contribution in [0.1, 0.15) is 22.8 Å². The second-order valence-corrected chi connectivity index (χ2v) is 6.86. The number of carbonyl (C=O) groups is 2. The van der Waals surface area contributed by atoms with Gasteiger partial charge in [0.25, 0.3) is 5.91 Å². The Bertz CT molecular complexity index is 1040. The Morgan fingerprint density at radius 1 is 0.933 bits per heavy atom. The van der Waals surface area contributed by atoms with E-state index in [2.05, 4.69) is 5.32 Å². The van der Waals surface area contributed by atoms with Gasteiger partial charge in [0.2, 0.25) is 0 Å². The highest BCUT2D eigenvalue weighted by atomic mass is 16.5. The minimum atomic E-state index is -0.987. The Hall–Kier alpha value is -3.80. The standard InChI is InChI=1S/C24H23NO5/c1-15-4-13-22(29-3)21(14-15)25-23(27)16(2)30-24(28)19-7-5-17(6-8-19)18-9-11-20(26)12-10-18/h4-14,16,26H,1-3H3,(H,25,27)/t16-/m0/s1. The van der Waals surface area contributed by atoms with Crippen LogP contribution in [0.25, 0.3) is 11.1 Å². The van der Waals surface area contributed by atoms with Crippen molar-refractivity contribution in [1.29, 1.82) is 0 Å². The fourth-order valence-corrected chi connectivity index (χ4v) is 2.89. The van der Waals surface area contributed by atoms with E-state index in [9.17, 15) is 14.7 Å². The molecule has 3 aromatic carbocycles. The zero-order chi connectivity index (χ0) is 21.7. The number of hydrogen-bond acceptors (Lipinski definition) is 5. The van der Waals surface area contributed by atoms with Gasteiger partial charge in [-0.3, -0.25) is 4.79 Å². The van der Waals surface area contributed by atoms with Gasteiger partial charge in [0.1, 0.15) is 11.5 Å². The molecule has 0 aromatic heterocycles. The number of benzene rings is 3. The number of aryl methyl sites for hydroxylation is 1. The number of nitrogens with one attached hydrogen (secondary N) is 1. The van der Waals surface area contributed by atoms with Gasteiger partial charge in [-0.2, -0.15) is 0 Å². The molecule has 0 fully saturated rings. The first kappa shape index (κ1) is 20.9. The number of carbonyl (C=O) groups excluding carboxylic acids is 2. The highest BCUT2D eigenvalue weighted by molar-refractivity contribution is 5.98. The summed E-state index contributed by atoms with van der Waals surface area (Å²) in [6.45, 7) is 3.42. The van der Waals surface area contributed by atoms with Gasteiger partial charge < -0.3 is 19.9 Å². The summed E-state index contributed by atoms with van der Waals surface area (Å²) in [6, 6.07) is 19.0. The molecule has 30 heavy (non-hydrogen) atoms. The van der Waals surface area contributed by atoms with E-state index in [4.69, 9.17) is 9.47 Å². The van der Waals surface area contributed by atoms with Crippen LogP contribution in [0.5, 0.6) is 11.5 Å². The van der Waals surface area contributed by atoms with Crippen molar-refractivity contribution in [3.8, 4) is 22.6 Å². The molecule has 6 heteroatoms. The van der Waals surface area contributed by atoms with Crippen molar-refractivity contribution in [3.63, 3.8) is 0 Å². The van der Waals surface area contributed by atoms with Gasteiger partial charge >= 0.3 is 5.97 Å². The molecule has 154 valence electrons. The molecule has 0 unspecified atom stereocenters. The second-order valence-electron chi connectivity index (χ2n) is 6.86. The number of rotatable bonds is 6. The van der Waals surface area contributed by atoms with E-state index in [0.29, 0.717) is 17.0 Å². The molecule has 0 saturated carbocycles. The van der Waals surface area contributed by atoms with Crippen molar-refractivity contribution < 1.29 is 24.2 Å². The number of phenolic OH excluding ortho intramolecular Hbond substituents is 1. The molecule has 1 atom stereocenters. The maximum Gasteiger partial charge on any atom is 0.338 e. The number of hydrogen-bond donors (Lipinski definition) is 2. The molecule has 0 spiro atoms. The lowest BCUT2D eigenvalue weighted by molar-refractivity contribution is -0.123. The van der Waals surface area contributed by atoms with Crippen LogP contribution in [0, 0.1) is 6.92 Å². The molecule has 0 aliphatic heterocycles. The number of phenols is 1. The first-order valence-electron chi connectivity index (χ1n) is 9.43. The van der Waals surface area contributed by atoms with E-state index < -0.39 is 18.0 Å². The van der Waals surface area contributed by atoms with Gasteiger partial charge in [0, 0.05) is 0 Å². The Morgan fingerprint density at radius 2 is 1.53 bits per heavy atom. The summed E-state index contributed by atoms with van der Waals surface area (Å²) >= 11 is 0. The topological polar surface area (TPSA) is 84.9 Å². The third-order valence-corrected chi connectivity index (χ3v) is 4.59. The summed E-state index contributed by atoms with van der Waals surface area (Å²) < 4.78 is 10.6. The van der Waals surface area contributed by atoms with Gasteiger partial charge in [0.05, 0.1) is 18.4 Å². The lowest BCUT2D eigenvalue weighted by atomic mass is 10.0.